The van der Waals surface area contributed by atoms with Crippen LogP contribution in [0.1, 0.15) is 11.1 Å². The van der Waals surface area contributed by atoms with Crippen molar-refractivity contribution in [3.05, 3.63) is 71.8 Å². The first kappa shape index (κ1) is 10.6. The Morgan fingerprint density at radius 1 is 0.560 bits per heavy atom. The number of fused-ring (bicyclic) bond motifs is 10. The Balaban J connectivity index is 1.24. The molecule has 25 heavy (non-hydrogen) atoms. The van der Waals surface area contributed by atoms with Gasteiger partial charge in [-0.2, -0.15) is 0 Å². The summed E-state index contributed by atoms with van der Waals surface area (Å²) in [5, 5.41) is 0. The minimum absolute atomic E-state index is 0.982. The molecule has 10 heterocycles. The standard InChI is InChI=1S/C19H17.C5H5.Zr/c1-3-8-16(9-4-1)14-18-12-7-13-19(18)15-17-10-5-2-6-11-17;1-2-4-5-3-1;/h1-13H,14-15H2;1-5H;. The SMILES string of the molecule is c1ccc(C[C]23[CH]4[CH]5[CH]6[C]2(Cc2ccccc2)[Zr]54632789[CH]3[CH]2[CH]7[CH]8[CH]39)cc1. The van der Waals surface area contributed by atoms with Crippen LogP contribution >= 0.6 is 0 Å². The Labute approximate surface area is 130 Å². The molecular weight excluding hydrogens is 379 g/mol. The molecule has 1 heteroatoms. The second-order valence-electron chi connectivity index (χ2n) is 16.5. The van der Waals surface area contributed by atoms with Crippen molar-refractivity contribution in [2.45, 2.75) is 48.1 Å². The van der Waals surface area contributed by atoms with E-state index in [1.165, 1.54) is 41.8 Å². The van der Waals surface area contributed by atoms with Gasteiger partial charge in [0.2, 0.25) is 0 Å². The molecule has 0 aliphatic carbocycles. The molecule has 0 saturated carbocycles. The van der Waals surface area contributed by atoms with Crippen molar-refractivity contribution in [3.8, 4) is 0 Å². The van der Waals surface area contributed by atoms with E-state index in [9.17, 15) is 0 Å². The Kier molecular flexibility index (Phi) is 0.510. The summed E-state index contributed by atoms with van der Waals surface area (Å²) in [5.74, 6) is 0. The van der Waals surface area contributed by atoms with E-state index in [-0.39, 0.29) is 0 Å². The fourth-order valence-electron chi connectivity index (χ4n) is 28.6. The molecule has 4 atom stereocenters. The second-order valence-corrected chi connectivity index (χ2v) is 68.7. The first-order chi connectivity index (χ1) is 12.1. The number of hydrogen-bond acceptors (Lipinski definition) is 0. The van der Waals surface area contributed by atoms with E-state index >= 15 is 0 Å². The van der Waals surface area contributed by atoms with E-state index in [4.69, 9.17) is 0 Å². The zero-order chi connectivity index (χ0) is 15.6. The summed E-state index contributed by atoms with van der Waals surface area (Å²) in [5.41, 5.74) is 3.41. The van der Waals surface area contributed by atoms with Gasteiger partial charge in [0, 0.05) is 0 Å². The third-order valence-corrected chi connectivity index (χ3v) is 122. The summed E-state index contributed by atoms with van der Waals surface area (Å²) in [6.45, 7) is 0. The van der Waals surface area contributed by atoms with Gasteiger partial charge in [-0.25, -0.2) is 0 Å². The number of rotatable bonds is 4. The van der Waals surface area contributed by atoms with E-state index < -0.39 is 11.4 Å². The number of hydrogen-bond donors (Lipinski definition) is 0. The van der Waals surface area contributed by atoms with Crippen molar-refractivity contribution >= 4 is 0 Å². The van der Waals surface area contributed by atoms with Crippen LogP contribution in [0.5, 0.6) is 0 Å². The van der Waals surface area contributed by atoms with E-state index in [0.717, 1.165) is 6.25 Å². The molecule has 10 aliphatic heterocycles. The summed E-state index contributed by atoms with van der Waals surface area (Å²) >= 11 is -3.78. The van der Waals surface area contributed by atoms with Crippen LogP contribution in [0.25, 0.3) is 0 Å². The Morgan fingerprint density at radius 3 is 1.28 bits per heavy atom. The van der Waals surface area contributed by atoms with Gasteiger partial charge < -0.3 is 0 Å². The molecule has 0 N–H and O–H groups in total. The molecule has 122 valence electrons. The van der Waals surface area contributed by atoms with Crippen molar-refractivity contribution in [2.75, 3.05) is 0 Å². The predicted octanol–water partition coefficient (Wildman–Crippen LogP) is 6.60. The molecular formula is C24H22Zr. The fourth-order valence-corrected chi connectivity index (χ4v) is 258. The molecule has 0 nitrogen and oxygen atoms in total. The van der Waals surface area contributed by atoms with Gasteiger partial charge in [-0.1, -0.05) is 0 Å². The van der Waals surface area contributed by atoms with Crippen LogP contribution in [0.15, 0.2) is 60.7 Å². The molecule has 4 unspecified atom stereocenters. The summed E-state index contributed by atoms with van der Waals surface area (Å²) in [6.07, 6.45) is 3.06. The molecule has 10 aliphatic rings. The Hall–Kier alpha value is -0.677. The average molecular weight is 402 g/mol. The topological polar surface area (TPSA) is 0 Å². The van der Waals surface area contributed by atoms with E-state index in [1.54, 1.807) is 11.1 Å². The van der Waals surface area contributed by atoms with Crippen molar-refractivity contribution in [1.29, 1.82) is 0 Å². The normalized spacial score (nSPS) is 87.5. The van der Waals surface area contributed by atoms with Crippen LogP contribution in [0.3, 0.4) is 0 Å². The minimum atomic E-state index is -3.78. The van der Waals surface area contributed by atoms with E-state index in [0.29, 0.717) is 0 Å². The average Bonchev–Trinajstić information content (AvgIpc) is 3.60. The molecule has 0 aromatic heterocycles. The van der Waals surface area contributed by atoms with Gasteiger partial charge in [0.05, 0.1) is 0 Å². The molecule has 1 spiro atoms. The summed E-state index contributed by atoms with van der Waals surface area (Å²) in [4.78, 5) is 0. The fraction of sp³-hybridized carbons (Fsp3) is 0.500. The van der Waals surface area contributed by atoms with Gasteiger partial charge in [-0.15, -0.1) is 0 Å². The van der Waals surface area contributed by atoms with Gasteiger partial charge in [0.25, 0.3) is 0 Å². The van der Waals surface area contributed by atoms with Gasteiger partial charge >= 0.3 is 131 Å². The zero-order valence-corrected chi connectivity index (χ0v) is 16.8. The van der Waals surface area contributed by atoms with Gasteiger partial charge in [-0.3, -0.25) is 0 Å². The summed E-state index contributed by atoms with van der Waals surface area (Å²) in [6, 6.07) is 23.5. The third kappa shape index (κ3) is 0.167. The molecule has 0 radical (unpaired) electrons. The monoisotopic (exact) mass is 400 g/mol. The molecule has 0 bridgehead atoms. The maximum atomic E-state index is 2.47. The molecule has 10 fully saturated rings. The van der Waals surface area contributed by atoms with Crippen LogP contribution in [0.2, 0.25) is 35.3 Å². The van der Waals surface area contributed by atoms with Crippen molar-refractivity contribution < 1.29 is 11.4 Å². The Bertz CT molecular complexity index is 1360. The van der Waals surface area contributed by atoms with E-state index in [2.05, 4.69) is 60.7 Å². The molecule has 0 amide bonds. The summed E-state index contributed by atoms with van der Waals surface area (Å²) < 4.78 is 13.5. The molecule has 2 aromatic rings. The van der Waals surface area contributed by atoms with Gasteiger partial charge in [0.1, 0.15) is 0 Å². The van der Waals surface area contributed by atoms with Crippen LogP contribution in [0, 0.1) is 0 Å². The third-order valence-electron chi connectivity index (χ3n) is 24.0. The van der Waals surface area contributed by atoms with E-state index in [1.807, 2.05) is 0 Å². The maximum absolute atomic E-state index is 3.78. The first-order valence-electron chi connectivity index (χ1n) is 11.2. The van der Waals surface area contributed by atoms with Crippen LogP contribution in [-0.4, -0.2) is 0 Å². The predicted molar refractivity (Wildman–Crippen MR) is 95.7 cm³/mol. The first-order valence-corrected chi connectivity index (χ1v) is 25.0. The van der Waals surface area contributed by atoms with Crippen LogP contribution in [0.4, 0.5) is 0 Å². The quantitative estimate of drug-likeness (QED) is 0.541. The molecule has 2 aromatic carbocycles. The van der Waals surface area contributed by atoms with Gasteiger partial charge in [0.15, 0.2) is 0 Å². The second kappa shape index (κ2) is 1.20. The van der Waals surface area contributed by atoms with Crippen molar-refractivity contribution in [3.63, 3.8) is 0 Å². The van der Waals surface area contributed by atoms with Crippen LogP contribution in [-0.2, 0) is 24.2 Å². The molecule has 12 rings (SSSR count). The zero-order valence-electron chi connectivity index (χ0n) is 14.3. The van der Waals surface area contributed by atoms with Crippen molar-refractivity contribution in [1.82, 2.24) is 0 Å². The summed E-state index contributed by atoms with van der Waals surface area (Å²) in [7, 11) is 0. The van der Waals surface area contributed by atoms with Crippen molar-refractivity contribution in [2.24, 2.45) is 0 Å². The van der Waals surface area contributed by atoms with Crippen LogP contribution < -0.4 is 0 Å². The number of benzene rings is 2. The molecule has 10 saturated heterocycles. The van der Waals surface area contributed by atoms with Gasteiger partial charge in [-0.05, 0) is 0 Å². The Morgan fingerprint density at radius 2 is 0.960 bits per heavy atom.